The molecule has 0 aliphatic rings. The minimum atomic E-state index is 0.354. The summed E-state index contributed by atoms with van der Waals surface area (Å²) in [5.41, 5.74) is 0. The van der Waals surface area contributed by atoms with Gasteiger partial charge in [0.05, 0.1) is 0 Å². The van der Waals surface area contributed by atoms with Crippen LogP contribution in [-0.4, -0.2) is 23.6 Å². The van der Waals surface area contributed by atoms with Gasteiger partial charge in [-0.3, -0.25) is 0 Å². The molecule has 17 heavy (non-hydrogen) atoms. The van der Waals surface area contributed by atoms with Crippen LogP contribution in [0.5, 0.6) is 0 Å². The molecule has 92 valence electrons. The molecule has 0 unspecified atom stereocenters. The second kappa shape index (κ2) is 7.88. The van der Waals surface area contributed by atoms with Crippen molar-refractivity contribution in [1.82, 2.24) is 9.97 Å². The van der Waals surface area contributed by atoms with Crippen LogP contribution in [0.15, 0.2) is 6.07 Å². The van der Waals surface area contributed by atoms with Gasteiger partial charge in [-0.05, 0) is 12.8 Å². The Balaban J connectivity index is 2.44. The van der Waals surface area contributed by atoms with E-state index in [0.717, 1.165) is 31.6 Å². The van der Waals surface area contributed by atoms with Crippen LogP contribution in [0.2, 0.25) is 5.15 Å². The van der Waals surface area contributed by atoms with Crippen molar-refractivity contribution >= 4 is 17.4 Å². The van der Waals surface area contributed by atoms with Crippen LogP contribution in [0.1, 0.15) is 25.1 Å². The summed E-state index contributed by atoms with van der Waals surface area (Å²) in [5.74, 6) is 3.91. The number of unbranched alkanes of at least 4 members (excludes halogenated alkanes) is 2. The van der Waals surface area contributed by atoms with Crippen molar-refractivity contribution in [3.8, 4) is 12.3 Å². The van der Waals surface area contributed by atoms with E-state index in [0.29, 0.717) is 17.6 Å². The Labute approximate surface area is 107 Å². The van der Waals surface area contributed by atoms with Gasteiger partial charge in [0, 0.05) is 26.1 Å². The second-order valence-corrected chi connectivity index (χ2v) is 3.90. The van der Waals surface area contributed by atoms with Crippen LogP contribution >= 0.6 is 11.6 Å². The van der Waals surface area contributed by atoms with Gasteiger partial charge in [-0.15, -0.1) is 12.3 Å². The Kier molecular flexibility index (Phi) is 6.38. The van der Waals surface area contributed by atoms with Crippen molar-refractivity contribution in [3.63, 3.8) is 0 Å². The Hall–Kier alpha value is -1.31. The molecule has 1 aromatic rings. The minimum Gasteiger partial charge on any atom is -0.377 e. The lowest BCUT2D eigenvalue weighted by atomic mass is 10.2. The Morgan fingerprint density at radius 3 is 3.00 bits per heavy atom. The van der Waals surface area contributed by atoms with E-state index in [2.05, 4.69) is 21.2 Å². The third-order valence-electron chi connectivity index (χ3n) is 2.07. The summed E-state index contributed by atoms with van der Waals surface area (Å²) in [4.78, 5) is 8.31. The van der Waals surface area contributed by atoms with Crippen molar-refractivity contribution in [2.75, 3.05) is 19.0 Å². The lowest BCUT2D eigenvalue weighted by molar-refractivity contribution is 0.178. The topological polar surface area (TPSA) is 47.0 Å². The maximum Gasteiger partial charge on any atom is 0.158 e. The van der Waals surface area contributed by atoms with Crippen LogP contribution in [0.4, 0.5) is 5.82 Å². The van der Waals surface area contributed by atoms with E-state index in [1.54, 1.807) is 13.2 Å². The number of ether oxygens (including phenoxy) is 1. The van der Waals surface area contributed by atoms with Gasteiger partial charge in [-0.2, -0.15) is 0 Å². The summed E-state index contributed by atoms with van der Waals surface area (Å²) >= 11 is 5.88. The molecule has 4 nitrogen and oxygen atoms in total. The van der Waals surface area contributed by atoms with Crippen LogP contribution < -0.4 is 5.32 Å². The maximum absolute atomic E-state index is 5.88. The number of aromatic nitrogens is 2. The molecule has 0 aromatic carbocycles. The van der Waals surface area contributed by atoms with E-state index in [1.807, 2.05) is 0 Å². The molecule has 5 heteroatoms. The molecule has 0 saturated carbocycles. The molecule has 0 aliphatic carbocycles. The van der Waals surface area contributed by atoms with Gasteiger partial charge < -0.3 is 10.1 Å². The smallest absolute Gasteiger partial charge is 0.158 e. The third-order valence-corrected chi connectivity index (χ3v) is 2.26. The van der Waals surface area contributed by atoms with Crippen molar-refractivity contribution in [3.05, 3.63) is 17.0 Å². The van der Waals surface area contributed by atoms with E-state index in [4.69, 9.17) is 22.8 Å². The summed E-state index contributed by atoms with van der Waals surface area (Å²) < 4.78 is 4.96. The average molecular weight is 254 g/mol. The molecule has 1 heterocycles. The largest absolute Gasteiger partial charge is 0.377 e. The van der Waals surface area contributed by atoms with Gasteiger partial charge in [-0.1, -0.05) is 11.6 Å². The molecule has 1 rings (SSSR count). The van der Waals surface area contributed by atoms with E-state index < -0.39 is 0 Å². The van der Waals surface area contributed by atoms with Gasteiger partial charge in [-0.25, -0.2) is 9.97 Å². The number of nitrogens with one attached hydrogen (secondary N) is 1. The highest BCUT2D eigenvalue weighted by Gasteiger charge is 2.02. The fraction of sp³-hybridized carbons (Fsp3) is 0.500. The van der Waals surface area contributed by atoms with Crippen LogP contribution in [-0.2, 0) is 11.3 Å². The minimum absolute atomic E-state index is 0.354. The van der Waals surface area contributed by atoms with Crippen LogP contribution in [0, 0.1) is 12.3 Å². The van der Waals surface area contributed by atoms with Gasteiger partial charge >= 0.3 is 0 Å². The highest BCUT2D eigenvalue weighted by Crippen LogP contribution is 2.12. The molecule has 0 atom stereocenters. The van der Waals surface area contributed by atoms with E-state index in [9.17, 15) is 0 Å². The zero-order valence-corrected chi connectivity index (χ0v) is 10.6. The second-order valence-electron chi connectivity index (χ2n) is 3.51. The van der Waals surface area contributed by atoms with Crippen LogP contribution in [0.25, 0.3) is 0 Å². The highest BCUT2D eigenvalue weighted by molar-refractivity contribution is 6.29. The Morgan fingerprint density at radius 1 is 1.47 bits per heavy atom. The van der Waals surface area contributed by atoms with Crippen molar-refractivity contribution < 1.29 is 4.74 Å². The fourth-order valence-corrected chi connectivity index (χ4v) is 1.52. The first-order chi connectivity index (χ1) is 8.26. The number of anilines is 1. The lowest BCUT2D eigenvalue weighted by Gasteiger charge is -2.07. The number of rotatable bonds is 7. The predicted octanol–water partition coefficient (Wildman–Crippen LogP) is 2.49. The number of hydrogen-bond acceptors (Lipinski definition) is 4. The summed E-state index contributed by atoms with van der Waals surface area (Å²) in [6.45, 7) is 1.17. The van der Waals surface area contributed by atoms with Crippen molar-refractivity contribution in [2.45, 2.75) is 25.9 Å². The van der Waals surface area contributed by atoms with Crippen molar-refractivity contribution in [1.29, 1.82) is 0 Å². The summed E-state index contributed by atoms with van der Waals surface area (Å²) in [6.07, 6.45) is 7.99. The summed E-state index contributed by atoms with van der Waals surface area (Å²) in [7, 11) is 1.59. The zero-order chi connectivity index (χ0) is 12.5. The highest BCUT2D eigenvalue weighted by atomic mass is 35.5. The first-order valence-electron chi connectivity index (χ1n) is 5.46. The zero-order valence-electron chi connectivity index (χ0n) is 9.87. The third kappa shape index (κ3) is 5.53. The molecule has 0 bridgehead atoms. The SMILES string of the molecule is C#CCCCCNc1cc(Cl)nc(COC)n1. The quantitative estimate of drug-likeness (QED) is 0.461. The number of nitrogens with zero attached hydrogens (tertiary/aromatic N) is 2. The monoisotopic (exact) mass is 253 g/mol. The number of hydrogen-bond donors (Lipinski definition) is 1. The standard InChI is InChI=1S/C12H16ClN3O/c1-3-4-5-6-7-14-11-8-10(13)15-12(16-11)9-17-2/h1,8H,4-7,9H2,2H3,(H,14,15,16). The predicted molar refractivity (Wildman–Crippen MR) is 68.9 cm³/mol. The molecule has 0 radical (unpaired) electrons. The summed E-state index contributed by atoms with van der Waals surface area (Å²) in [5, 5.41) is 3.60. The molecule has 0 saturated heterocycles. The van der Waals surface area contributed by atoms with Crippen LogP contribution in [0.3, 0.4) is 0 Å². The summed E-state index contributed by atoms with van der Waals surface area (Å²) in [6, 6.07) is 1.70. The number of terminal acetylenes is 1. The molecule has 0 spiro atoms. The number of halogens is 1. The van der Waals surface area contributed by atoms with Gasteiger partial charge in [0.2, 0.25) is 0 Å². The molecular formula is C12H16ClN3O. The Bertz CT molecular complexity index is 390. The Morgan fingerprint density at radius 2 is 2.29 bits per heavy atom. The molecule has 0 aliphatic heterocycles. The van der Waals surface area contributed by atoms with Gasteiger partial charge in [0.1, 0.15) is 17.6 Å². The molecule has 0 fully saturated rings. The molecule has 1 N–H and O–H groups in total. The normalized spacial score (nSPS) is 9.94. The average Bonchev–Trinajstić information content (AvgIpc) is 2.28. The lowest BCUT2D eigenvalue weighted by Crippen LogP contribution is -2.06. The first kappa shape index (κ1) is 13.8. The fourth-order valence-electron chi connectivity index (χ4n) is 1.32. The van der Waals surface area contributed by atoms with E-state index in [1.165, 1.54) is 0 Å². The maximum atomic E-state index is 5.88. The van der Waals surface area contributed by atoms with E-state index >= 15 is 0 Å². The number of methoxy groups -OCH3 is 1. The van der Waals surface area contributed by atoms with Crippen molar-refractivity contribution in [2.24, 2.45) is 0 Å². The van der Waals surface area contributed by atoms with Gasteiger partial charge in [0.15, 0.2) is 5.82 Å². The van der Waals surface area contributed by atoms with Gasteiger partial charge in [0.25, 0.3) is 0 Å². The first-order valence-corrected chi connectivity index (χ1v) is 5.83. The molecular weight excluding hydrogens is 238 g/mol. The molecule has 1 aromatic heterocycles. The van der Waals surface area contributed by atoms with E-state index in [-0.39, 0.29) is 0 Å². The molecule has 0 amide bonds.